The maximum absolute atomic E-state index is 12.5. The Labute approximate surface area is 153 Å². The first-order chi connectivity index (χ1) is 12.7. The number of hydrogen-bond donors (Lipinski definition) is 0. The van der Waals surface area contributed by atoms with Gasteiger partial charge in [0, 0.05) is 44.3 Å². The third-order valence-corrected chi connectivity index (χ3v) is 5.28. The Kier molecular flexibility index (Phi) is 4.95. The number of aromatic nitrogens is 2. The summed E-state index contributed by atoms with van der Waals surface area (Å²) in [6.07, 6.45) is 9.58. The monoisotopic (exact) mass is 353 g/mol. The van der Waals surface area contributed by atoms with Crippen molar-refractivity contribution in [3.8, 4) is 0 Å². The summed E-state index contributed by atoms with van der Waals surface area (Å²) >= 11 is 0. The largest absolute Gasteiger partial charge is 0.372 e. The smallest absolute Gasteiger partial charge is 0.255 e. The van der Waals surface area contributed by atoms with Gasteiger partial charge in [-0.3, -0.25) is 14.8 Å². The van der Waals surface area contributed by atoms with Crippen molar-refractivity contribution in [2.45, 2.75) is 37.6 Å². The molecule has 2 aromatic rings. The highest BCUT2D eigenvalue weighted by Crippen LogP contribution is 2.37. The highest BCUT2D eigenvalue weighted by molar-refractivity contribution is 5.93. The van der Waals surface area contributed by atoms with Crippen molar-refractivity contribution in [1.29, 1.82) is 0 Å². The molecule has 6 nitrogen and oxygen atoms in total. The molecule has 0 aliphatic carbocycles. The summed E-state index contributed by atoms with van der Waals surface area (Å²) < 4.78 is 12.1. The van der Waals surface area contributed by atoms with Crippen molar-refractivity contribution in [2.75, 3.05) is 19.7 Å². The van der Waals surface area contributed by atoms with E-state index in [1.807, 2.05) is 23.1 Å². The fourth-order valence-electron chi connectivity index (χ4n) is 3.74. The molecular weight excluding hydrogens is 330 g/mol. The third kappa shape index (κ3) is 3.76. The first kappa shape index (κ1) is 17.1. The quantitative estimate of drug-likeness (QED) is 0.845. The van der Waals surface area contributed by atoms with Crippen LogP contribution in [0, 0.1) is 0 Å². The second kappa shape index (κ2) is 7.51. The van der Waals surface area contributed by atoms with Gasteiger partial charge in [0.15, 0.2) is 0 Å². The SMILES string of the molecule is O=C(c1cccnc1)N1CCC2(CC1)CC(OCc1ccncc1)CO2. The van der Waals surface area contributed by atoms with E-state index in [9.17, 15) is 4.79 Å². The molecule has 2 aliphatic heterocycles. The molecule has 4 heterocycles. The summed E-state index contributed by atoms with van der Waals surface area (Å²) in [5.41, 5.74) is 1.63. The summed E-state index contributed by atoms with van der Waals surface area (Å²) in [6.45, 7) is 2.63. The van der Waals surface area contributed by atoms with Crippen LogP contribution >= 0.6 is 0 Å². The molecule has 1 spiro atoms. The van der Waals surface area contributed by atoms with E-state index in [0.717, 1.165) is 24.8 Å². The molecule has 6 heteroatoms. The lowest BCUT2D eigenvalue weighted by Gasteiger charge is -2.38. The molecule has 2 fully saturated rings. The predicted molar refractivity (Wildman–Crippen MR) is 95.5 cm³/mol. The Balaban J connectivity index is 1.28. The summed E-state index contributed by atoms with van der Waals surface area (Å²) in [4.78, 5) is 22.5. The lowest BCUT2D eigenvalue weighted by molar-refractivity contribution is -0.0412. The normalized spacial score (nSPS) is 21.8. The number of likely N-dealkylation sites (tertiary alicyclic amines) is 1. The fourth-order valence-corrected chi connectivity index (χ4v) is 3.74. The lowest BCUT2D eigenvalue weighted by atomic mass is 9.87. The van der Waals surface area contributed by atoms with Gasteiger partial charge in [-0.2, -0.15) is 0 Å². The molecular formula is C20H23N3O3. The molecule has 136 valence electrons. The zero-order valence-electron chi connectivity index (χ0n) is 14.7. The molecule has 2 saturated heterocycles. The number of piperidine rings is 1. The van der Waals surface area contributed by atoms with Crippen LogP contribution in [-0.4, -0.2) is 52.2 Å². The van der Waals surface area contributed by atoms with E-state index in [4.69, 9.17) is 9.47 Å². The second-order valence-electron chi connectivity index (χ2n) is 7.02. The highest BCUT2D eigenvalue weighted by Gasteiger charge is 2.43. The van der Waals surface area contributed by atoms with Crippen LogP contribution < -0.4 is 0 Å². The first-order valence-corrected chi connectivity index (χ1v) is 9.08. The van der Waals surface area contributed by atoms with E-state index in [0.29, 0.717) is 31.9 Å². The van der Waals surface area contributed by atoms with Crippen LogP contribution in [0.15, 0.2) is 49.1 Å². The minimum absolute atomic E-state index is 0.0523. The van der Waals surface area contributed by atoms with Gasteiger partial charge in [-0.25, -0.2) is 0 Å². The average Bonchev–Trinajstić information content (AvgIpc) is 3.10. The number of pyridine rings is 2. The average molecular weight is 353 g/mol. The number of ether oxygens (including phenoxy) is 2. The zero-order chi connectivity index (χ0) is 17.8. The highest BCUT2D eigenvalue weighted by atomic mass is 16.6. The van der Waals surface area contributed by atoms with Crippen LogP contribution in [0.5, 0.6) is 0 Å². The zero-order valence-corrected chi connectivity index (χ0v) is 14.7. The van der Waals surface area contributed by atoms with Gasteiger partial charge in [0.2, 0.25) is 0 Å². The molecule has 1 amide bonds. The first-order valence-electron chi connectivity index (χ1n) is 9.08. The van der Waals surface area contributed by atoms with Crippen molar-refractivity contribution >= 4 is 5.91 Å². The summed E-state index contributed by atoms with van der Waals surface area (Å²) in [5.74, 6) is 0.0523. The van der Waals surface area contributed by atoms with Gasteiger partial charge in [-0.15, -0.1) is 0 Å². The van der Waals surface area contributed by atoms with Crippen molar-refractivity contribution in [2.24, 2.45) is 0 Å². The Hall–Kier alpha value is -2.31. The molecule has 0 saturated carbocycles. The van der Waals surface area contributed by atoms with Gasteiger partial charge in [0.25, 0.3) is 5.91 Å². The Morgan fingerprint density at radius 2 is 2.00 bits per heavy atom. The number of nitrogens with zero attached hydrogens (tertiary/aromatic N) is 3. The molecule has 1 atom stereocenters. The molecule has 1 unspecified atom stereocenters. The summed E-state index contributed by atoms with van der Waals surface area (Å²) in [7, 11) is 0. The summed E-state index contributed by atoms with van der Waals surface area (Å²) in [5, 5.41) is 0. The molecule has 0 radical (unpaired) electrons. The van der Waals surface area contributed by atoms with Crippen LogP contribution in [0.1, 0.15) is 35.2 Å². The maximum atomic E-state index is 12.5. The maximum Gasteiger partial charge on any atom is 0.255 e. The Bertz CT molecular complexity index is 730. The van der Waals surface area contributed by atoms with Gasteiger partial charge in [0.1, 0.15) is 0 Å². The van der Waals surface area contributed by atoms with Crippen molar-refractivity contribution in [3.63, 3.8) is 0 Å². The topological polar surface area (TPSA) is 64.6 Å². The van der Waals surface area contributed by atoms with Crippen molar-refractivity contribution in [1.82, 2.24) is 14.9 Å². The van der Waals surface area contributed by atoms with Crippen molar-refractivity contribution < 1.29 is 14.3 Å². The van der Waals surface area contributed by atoms with Crippen LogP contribution in [0.25, 0.3) is 0 Å². The molecule has 2 aromatic heterocycles. The van der Waals surface area contributed by atoms with E-state index in [1.54, 1.807) is 30.9 Å². The second-order valence-corrected chi connectivity index (χ2v) is 7.02. The molecule has 26 heavy (non-hydrogen) atoms. The third-order valence-electron chi connectivity index (χ3n) is 5.28. The van der Waals surface area contributed by atoms with E-state index in [-0.39, 0.29) is 17.6 Å². The van der Waals surface area contributed by atoms with Gasteiger partial charge < -0.3 is 14.4 Å². The van der Waals surface area contributed by atoms with Gasteiger partial charge in [-0.05, 0) is 42.7 Å². The van der Waals surface area contributed by atoms with Gasteiger partial charge in [0.05, 0.1) is 30.5 Å². The standard InChI is InChI=1S/C20H23N3O3/c24-19(17-2-1-7-22-13-17)23-10-5-20(6-11-23)12-18(15-26-20)25-14-16-3-8-21-9-4-16/h1-4,7-9,13,18H,5-6,10-12,14-15H2. The number of amides is 1. The minimum Gasteiger partial charge on any atom is -0.372 e. The molecule has 2 aliphatic rings. The Morgan fingerprint density at radius 1 is 1.19 bits per heavy atom. The predicted octanol–water partition coefficient (Wildman–Crippen LogP) is 2.46. The van der Waals surface area contributed by atoms with E-state index < -0.39 is 0 Å². The molecule has 4 rings (SSSR count). The van der Waals surface area contributed by atoms with E-state index in [2.05, 4.69) is 9.97 Å². The molecule has 0 aromatic carbocycles. The Morgan fingerprint density at radius 3 is 2.73 bits per heavy atom. The van der Waals surface area contributed by atoms with Crippen molar-refractivity contribution in [3.05, 3.63) is 60.2 Å². The molecule has 0 N–H and O–H groups in total. The number of carbonyl (C=O) groups excluding carboxylic acids is 1. The minimum atomic E-state index is -0.144. The summed E-state index contributed by atoms with van der Waals surface area (Å²) in [6, 6.07) is 7.54. The number of hydrogen-bond acceptors (Lipinski definition) is 5. The fraction of sp³-hybridized carbons (Fsp3) is 0.450. The number of rotatable bonds is 4. The van der Waals surface area contributed by atoms with E-state index in [1.165, 1.54) is 0 Å². The van der Waals surface area contributed by atoms with Crippen LogP contribution in [0.3, 0.4) is 0 Å². The van der Waals surface area contributed by atoms with Gasteiger partial charge in [-0.1, -0.05) is 0 Å². The molecule has 0 bridgehead atoms. The van der Waals surface area contributed by atoms with Crippen LogP contribution in [0.4, 0.5) is 0 Å². The van der Waals surface area contributed by atoms with Crippen LogP contribution in [0.2, 0.25) is 0 Å². The lowest BCUT2D eigenvalue weighted by Crippen LogP contribution is -2.46. The van der Waals surface area contributed by atoms with E-state index >= 15 is 0 Å². The van der Waals surface area contributed by atoms with Gasteiger partial charge >= 0.3 is 0 Å². The number of carbonyl (C=O) groups is 1. The van der Waals surface area contributed by atoms with Crippen LogP contribution in [-0.2, 0) is 16.1 Å².